The first-order valence-electron chi connectivity index (χ1n) is 11.5. The normalized spacial score (nSPS) is 17.1. The Morgan fingerprint density at radius 3 is 2.60 bits per heavy atom. The third-order valence-corrected chi connectivity index (χ3v) is 6.37. The van der Waals surface area contributed by atoms with Crippen molar-refractivity contribution in [3.8, 4) is 17.3 Å². The van der Waals surface area contributed by atoms with E-state index < -0.39 is 5.91 Å². The molecule has 2 aromatic heterocycles. The maximum Gasteiger partial charge on any atom is 0.256 e. The van der Waals surface area contributed by atoms with Gasteiger partial charge in [-0.25, -0.2) is 4.98 Å². The zero-order valence-corrected chi connectivity index (χ0v) is 20.5. The molecule has 0 unspecified atom stereocenters. The van der Waals surface area contributed by atoms with Crippen LogP contribution in [-0.4, -0.2) is 39.4 Å². The van der Waals surface area contributed by atoms with Crippen LogP contribution in [-0.2, 0) is 12.8 Å². The van der Waals surface area contributed by atoms with Crippen molar-refractivity contribution < 1.29 is 14.3 Å². The van der Waals surface area contributed by atoms with Gasteiger partial charge in [0.2, 0.25) is 5.91 Å². The number of hydrogen-bond acceptors (Lipinski definition) is 6. The lowest BCUT2D eigenvalue weighted by Gasteiger charge is -2.31. The molecule has 0 bridgehead atoms. The molecule has 8 nitrogen and oxygen atoms in total. The fourth-order valence-corrected chi connectivity index (χ4v) is 4.95. The molecule has 0 spiro atoms. The largest absolute Gasteiger partial charge is 0.493 e. The van der Waals surface area contributed by atoms with Gasteiger partial charge in [-0.1, -0.05) is 0 Å². The molecule has 1 amide bonds. The van der Waals surface area contributed by atoms with Crippen molar-refractivity contribution in [2.75, 3.05) is 7.11 Å². The number of methoxy groups -OCH3 is 1. The van der Waals surface area contributed by atoms with E-state index in [4.69, 9.17) is 20.2 Å². The molecular formula is C27H28N4O4. The molecular weight excluding hydrogens is 444 g/mol. The predicted molar refractivity (Wildman–Crippen MR) is 133 cm³/mol. The Bertz CT molecular complexity index is 1470. The van der Waals surface area contributed by atoms with Crippen LogP contribution in [0.25, 0.3) is 5.82 Å². The Hall–Kier alpha value is -3.94. The van der Waals surface area contributed by atoms with Crippen molar-refractivity contribution in [3.63, 3.8) is 0 Å². The van der Waals surface area contributed by atoms with E-state index in [0.29, 0.717) is 17.8 Å². The quantitative estimate of drug-likeness (QED) is 0.627. The Balaban J connectivity index is 1.66. The minimum absolute atomic E-state index is 0.283. The van der Waals surface area contributed by atoms with E-state index in [2.05, 4.69) is 32.7 Å². The molecule has 2 aliphatic rings. The first-order chi connectivity index (χ1) is 16.5. The fourth-order valence-electron chi connectivity index (χ4n) is 4.95. The lowest BCUT2D eigenvalue weighted by Crippen LogP contribution is -2.31. The summed E-state index contributed by atoms with van der Waals surface area (Å²) in [4.78, 5) is 34.1. The van der Waals surface area contributed by atoms with Crippen LogP contribution in [0, 0.1) is 0 Å². The standard InChI is InChI=1S/C27H28N4O4/c1-26(2)13-17-10-19(34-5)24-18(14-27(3,4)35-24)22(17)23(30-26)15-7-9-31(21(32)12-15)20-11-16(25(28)33)6-8-29-20/h6-12H,13-14H2,1-5H3,(H2,28,33). The van der Waals surface area contributed by atoms with Crippen molar-refractivity contribution >= 4 is 11.6 Å². The summed E-state index contributed by atoms with van der Waals surface area (Å²) in [6.07, 6.45) is 4.57. The highest BCUT2D eigenvalue weighted by molar-refractivity contribution is 6.16. The molecule has 0 fully saturated rings. The monoisotopic (exact) mass is 472 g/mol. The van der Waals surface area contributed by atoms with Crippen LogP contribution in [0.15, 0.2) is 52.5 Å². The SMILES string of the molecule is COc1cc2c(c3c1OC(C)(C)C3)C(c1ccn(-c3cc(C(N)=O)ccn3)c(=O)c1)=NC(C)(C)C2. The third-order valence-electron chi connectivity index (χ3n) is 6.37. The highest BCUT2D eigenvalue weighted by Crippen LogP contribution is 2.47. The van der Waals surface area contributed by atoms with E-state index in [1.54, 1.807) is 19.4 Å². The number of fused-ring (bicyclic) bond motifs is 3. The van der Waals surface area contributed by atoms with E-state index in [-0.39, 0.29) is 22.3 Å². The molecule has 0 radical (unpaired) electrons. The van der Waals surface area contributed by atoms with Gasteiger partial charge in [0, 0.05) is 47.1 Å². The summed E-state index contributed by atoms with van der Waals surface area (Å²) in [5.74, 6) is 1.20. The van der Waals surface area contributed by atoms with Gasteiger partial charge in [-0.2, -0.15) is 0 Å². The predicted octanol–water partition coefficient (Wildman–Crippen LogP) is 3.23. The maximum atomic E-state index is 13.2. The average Bonchev–Trinajstić information content (AvgIpc) is 3.12. The number of primary amides is 1. The number of ether oxygens (including phenoxy) is 2. The molecule has 1 aromatic carbocycles. The van der Waals surface area contributed by atoms with Crippen LogP contribution in [0.1, 0.15) is 60.3 Å². The van der Waals surface area contributed by atoms with E-state index in [1.165, 1.54) is 22.9 Å². The molecule has 0 atom stereocenters. The number of rotatable bonds is 4. The van der Waals surface area contributed by atoms with Gasteiger partial charge < -0.3 is 15.2 Å². The number of amides is 1. The second kappa shape index (κ2) is 7.80. The maximum absolute atomic E-state index is 13.2. The molecule has 180 valence electrons. The van der Waals surface area contributed by atoms with Gasteiger partial charge in [-0.15, -0.1) is 0 Å². The summed E-state index contributed by atoms with van der Waals surface area (Å²) in [5.41, 5.74) is 9.32. The number of nitrogens with zero attached hydrogens (tertiary/aromatic N) is 3. The third kappa shape index (κ3) is 3.99. The van der Waals surface area contributed by atoms with Crippen LogP contribution in [0.5, 0.6) is 11.5 Å². The van der Waals surface area contributed by atoms with Crippen LogP contribution in [0.4, 0.5) is 0 Å². The smallest absolute Gasteiger partial charge is 0.256 e. The molecule has 0 saturated carbocycles. The summed E-state index contributed by atoms with van der Waals surface area (Å²) < 4.78 is 13.3. The van der Waals surface area contributed by atoms with Crippen LogP contribution in [0.3, 0.4) is 0 Å². The van der Waals surface area contributed by atoms with Crippen LogP contribution >= 0.6 is 0 Å². The molecule has 5 rings (SSSR count). The minimum atomic E-state index is -0.580. The highest BCUT2D eigenvalue weighted by atomic mass is 16.5. The van der Waals surface area contributed by atoms with Crippen molar-refractivity contribution in [2.24, 2.45) is 10.7 Å². The summed E-state index contributed by atoms with van der Waals surface area (Å²) in [5, 5.41) is 0. The Kier molecular flexibility index (Phi) is 5.09. The van der Waals surface area contributed by atoms with Gasteiger partial charge >= 0.3 is 0 Å². The lowest BCUT2D eigenvalue weighted by molar-refractivity contribution is 0.1000. The van der Waals surface area contributed by atoms with Crippen molar-refractivity contribution in [1.82, 2.24) is 9.55 Å². The second-order valence-corrected chi connectivity index (χ2v) is 10.3. The number of aliphatic imine (C=N–C) groups is 1. The first-order valence-corrected chi connectivity index (χ1v) is 11.5. The number of nitrogens with two attached hydrogens (primary N) is 1. The van der Waals surface area contributed by atoms with Gasteiger partial charge in [0.15, 0.2) is 11.5 Å². The van der Waals surface area contributed by atoms with Gasteiger partial charge in [0.05, 0.1) is 18.4 Å². The minimum Gasteiger partial charge on any atom is -0.493 e. The molecule has 0 aliphatic carbocycles. The molecule has 2 aliphatic heterocycles. The molecule has 35 heavy (non-hydrogen) atoms. The van der Waals surface area contributed by atoms with Crippen LogP contribution in [0.2, 0.25) is 0 Å². The van der Waals surface area contributed by atoms with E-state index in [0.717, 1.165) is 40.3 Å². The van der Waals surface area contributed by atoms with Gasteiger partial charge in [-0.05, 0) is 63.9 Å². The fraction of sp³-hybridized carbons (Fsp3) is 0.333. The number of aromatic nitrogens is 2. The van der Waals surface area contributed by atoms with Crippen LogP contribution < -0.4 is 20.8 Å². The molecule has 8 heteroatoms. The molecule has 2 N–H and O–H groups in total. The number of carbonyl (C=O) groups excluding carboxylic acids is 1. The number of carbonyl (C=O) groups is 1. The first kappa shape index (κ1) is 22.8. The Morgan fingerprint density at radius 2 is 1.91 bits per heavy atom. The zero-order valence-electron chi connectivity index (χ0n) is 20.5. The van der Waals surface area contributed by atoms with Gasteiger partial charge in [0.1, 0.15) is 11.4 Å². The molecule has 4 heterocycles. The van der Waals surface area contributed by atoms with Crippen molar-refractivity contribution in [1.29, 1.82) is 0 Å². The molecule has 3 aromatic rings. The van der Waals surface area contributed by atoms with Gasteiger partial charge in [0.25, 0.3) is 5.56 Å². The van der Waals surface area contributed by atoms with E-state index >= 15 is 0 Å². The number of hydrogen-bond donors (Lipinski definition) is 1. The number of benzene rings is 1. The summed E-state index contributed by atoms with van der Waals surface area (Å²) in [6, 6.07) is 8.45. The highest BCUT2D eigenvalue weighted by Gasteiger charge is 2.39. The summed E-state index contributed by atoms with van der Waals surface area (Å²) in [6.45, 7) is 8.26. The zero-order chi connectivity index (χ0) is 25.1. The summed E-state index contributed by atoms with van der Waals surface area (Å²) in [7, 11) is 1.65. The summed E-state index contributed by atoms with van der Waals surface area (Å²) >= 11 is 0. The topological polar surface area (TPSA) is 109 Å². The average molecular weight is 473 g/mol. The van der Waals surface area contributed by atoms with Gasteiger partial charge in [-0.3, -0.25) is 19.1 Å². The van der Waals surface area contributed by atoms with E-state index in [1.807, 2.05) is 12.1 Å². The Labute approximate surface area is 203 Å². The second-order valence-electron chi connectivity index (χ2n) is 10.3. The number of pyridine rings is 2. The lowest BCUT2D eigenvalue weighted by atomic mass is 9.81. The van der Waals surface area contributed by atoms with Crippen molar-refractivity contribution in [3.05, 3.63) is 80.9 Å². The Morgan fingerprint density at radius 1 is 1.14 bits per heavy atom. The van der Waals surface area contributed by atoms with Crippen molar-refractivity contribution in [2.45, 2.75) is 51.7 Å². The van der Waals surface area contributed by atoms with E-state index in [9.17, 15) is 9.59 Å². The molecule has 0 saturated heterocycles.